The molecule has 1 fully saturated rings. The molecule has 1 saturated carbocycles. The first-order valence-corrected chi connectivity index (χ1v) is 7.93. The molecule has 0 saturated heterocycles. The Morgan fingerprint density at radius 2 is 2.19 bits per heavy atom. The minimum absolute atomic E-state index is 0.123. The van der Waals surface area contributed by atoms with Crippen LogP contribution in [0.3, 0.4) is 0 Å². The number of nitrogens with zero attached hydrogens (tertiary/aromatic N) is 1. The van der Waals surface area contributed by atoms with Gasteiger partial charge in [0.1, 0.15) is 5.82 Å². The molecule has 21 heavy (non-hydrogen) atoms. The summed E-state index contributed by atoms with van der Waals surface area (Å²) in [6, 6.07) is 2.14. The maximum atomic E-state index is 12.5. The molecule has 1 amide bonds. The maximum Gasteiger partial charge on any atom is 0.227 e. The van der Waals surface area contributed by atoms with Crippen molar-refractivity contribution in [3.63, 3.8) is 0 Å². The van der Waals surface area contributed by atoms with Crippen LogP contribution in [0.2, 0.25) is 0 Å². The van der Waals surface area contributed by atoms with Crippen molar-refractivity contribution < 1.29 is 4.79 Å². The zero-order valence-corrected chi connectivity index (χ0v) is 12.6. The first-order valence-electron chi connectivity index (χ1n) is 7.93. The summed E-state index contributed by atoms with van der Waals surface area (Å²) >= 11 is 0. The van der Waals surface area contributed by atoms with Crippen molar-refractivity contribution in [3.8, 4) is 0 Å². The lowest BCUT2D eigenvalue weighted by Crippen LogP contribution is -2.33. The lowest BCUT2D eigenvalue weighted by molar-refractivity contribution is -0.121. The highest BCUT2D eigenvalue weighted by atomic mass is 16.1. The average Bonchev–Trinajstić information content (AvgIpc) is 2.97. The normalized spacial score (nSPS) is 25.8. The van der Waals surface area contributed by atoms with E-state index in [9.17, 15) is 4.79 Å². The van der Waals surface area contributed by atoms with Crippen LogP contribution in [0.5, 0.6) is 0 Å². The van der Waals surface area contributed by atoms with E-state index in [0.717, 1.165) is 55.7 Å². The molecule has 1 aliphatic carbocycles. The molecular weight excluding hydrogens is 264 g/mol. The van der Waals surface area contributed by atoms with Crippen molar-refractivity contribution in [2.24, 2.45) is 17.6 Å². The summed E-state index contributed by atoms with van der Waals surface area (Å²) in [7, 11) is 0. The Balaban J connectivity index is 1.62. The number of carbonyl (C=O) groups excluding carboxylic acids is 1. The van der Waals surface area contributed by atoms with Crippen molar-refractivity contribution in [2.45, 2.75) is 45.1 Å². The molecule has 0 aromatic carbocycles. The summed E-state index contributed by atoms with van der Waals surface area (Å²) in [4.78, 5) is 16.8. The minimum Gasteiger partial charge on any atom is -0.369 e. The van der Waals surface area contributed by atoms with Gasteiger partial charge in [-0.2, -0.15) is 0 Å². The zero-order valence-electron chi connectivity index (χ0n) is 12.6. The predicted octanol–water partition coefficient (Wildman–Crippen LogP) is 2.14. The molecule has 4 N–H and O–H groups in total. The Kier molecular flexibility index (Phi) is 4.10. The third-order valence-electron chi connectivity index (χ3n) is 4.87. The number of nitrogens with two attached hydrogens (primary N) is 1. The van der Waals surface area contributed by atoms with Gasteiger partial charge in [-0.1, -0.05) is 0 Å². The summed E-state index contributed by atoms with van der Waals surface area (Å²) in [6.45, 7) is 2.97. The second-order valence-corrected chi connectivity index (χ2v) is 6.32. The van der Waals surface area contributed by atoms with Crippen LogP contribution in [0.15, 0.2) is 12.3 Å². The first-order chi connectivity index (χ1) is 10.1. The maximum absolute atomic E-state index is 12.5. The lowest BCUT2D eigenvalue weighted by atomic mass is 9.79. The molecule has 0 radical (unpaired) electrons. The molecule has 3 rings (SSSR count). The topological polar surface area (TPSA) is 80.0 Å². The number of fused-ring (bicyclic) bond motifs is 1. The van der Waals surface area contributed by atoms with Crippen molar-refractivity contribution in [1.29, 1.82) is 0 Å². The lowest BCUT2D eigenvalue weighted by Gasteiger charge is -2.30. The number of amides is 1. The van der Waals surface area contributed by atoms with Gasteiger partial charge in [-0.05, 0) is 51.0 Å². The van der Waals surface area contributed by atoms with Gasteiger partial charge in [0.05, 0.1) is 0 Å². The van der Waals surface area contributed by atoms with Gasteiger partial charge in [-0.3, -0.25) is 4.79 Å². The zero-order chi connectivity index (χ0) is 14.8. The molecule has 0 bridgehead atoms. The molecule has 1 aliphatic heterocycles. The van der Waals surface area contributed by atoms with Crippen LogP contribution < -0.4 is 16.4 Å². The van der Waals surface area contributed by atoms with E-state index < -0.39 is 0 Å². The smallest absolute Gasteiger partial charge is 0.227 e. The van der Waals surface area contributed by atoms with Gasteiger partial charge < -0.3 is 16.4 Å². The summed E-state index contributed by atoms with van der Waals surface area (Å²) in [6.07, 6.45) is 6.70. The highest BCUT2D eigenvalue weighted by molar-refractivity contribution is 5.94. The molecule has 5 nitrogen and oxygen atoms in total. The number of nitrogens with one attached hydrogen (secondary N) is 2. The number of aromatic nitrogens is 1. The molecule has 1 atom stereocenters. The third-order valence-corrected chi connectivity index (χ3v) is 4.87. The van der Waals surface area contributed by atoms with E-state index >= 15 is 0 Å². The standard InChI is InChI=1S/C16H24N4O/c1-10(17)11-2-4-12(5-3-11)16(21)20-14-7-9-19-15-13(14)6-8-18-15/h7,9-12H,2-6,8,17H2,1H3,(H2,18,19,20,21)/t10?,11-,12-. The summed E-state index contributed by atoms with van der Waals surface area (Å²) in [5.74, 6) is 1.76. The average molecular weight is 288 g/mol. The van der Waals surface area contributed by atoms with Gasteiger partial charge >= 0.3 is 0 Å². The van der Waals surface area contributed by atoms with Crippen LogP contribution in [-0.2, 0) is 11.2 Å². The quantitative estimate of drug-likeness (QED) is 0.796. The van der Waals surface area contributed by atoms with E-state index in [1.165, 1.54) is 0 Å². The van der Waals surface area contributed by atoms with Crippen LogP contribution in [0.4, 0.5) is 11.5 Å². The molecule has 2 heterocycles. The van der Waals surface area contributed by atoms with Crippen LogP contribution in [0.1, 0.15) is 38.2 Å². The van der Waals surface area contributed by atoms with Gasteiger partial charge in [0.15, 0.2) is 0 Å². The SMILES string of the molecule is CC(N)[C@H]1CC[C@H](C(=O)Nc2ccnc3c2CCN3)CC1. The van der Waals surface area contributed by atoms with Crippen molar-refractivity contribution in [2.75, 3.05) is 17.2 Å². The highest BCUT2D eigenvalue weighted by Gasteiger charge is 2.28. The summed E-state index contributed by atoms with van der Waals surface area (Å²) in [5, 5.41) is 6.34. The number of carbonyl (C=O) groups is 1. The summed E-state index contributed by atoms with van der Waals surface area (Å²) in [5.41, 5.74) is 8.01. The molecule has 1 aromatic heterocycles. The number of pyridine rings is 1. The largest absolute Gasteiger partial charge is 0.369 e. The highest BCUT2D eigenvalue weighted by Crippen LogP contribution is 2.32. The fraction of sp³-hybridized carbons (Fsp3) is 0.625. The van der Waals surface area contributed by atoms with Crippen molar-refractivity contribution in [1.82, 2.24) is 4.98 Å². The van der Waals surface area contributed by atoms with Gasteiger partial charge in [0, 0.05) is 36.0 Å². The molecule has 5 heteroatoms. The van der Waals surface area contributed by atoms with E-state index in [1.54, 1.807) is 6.20 Å². The Bertz CT molecular complexity index is 521. The minimum atomic E-state index is 0.123. The third kappa shape index (κ3) is 3.02. The fourth-order valence-corrected chi connectivity index (χ4v) is 3.46. The molecule has 114 valence electrons. The summed E-state index contributed by atoms with van der Waals surface area (Å²) < 4.78 is 0. The van der Waals surface area contributed by atoms with Crippen molar-refractivity contribution in [3.05, 3.63) is 17.8 Å². The van der Waals surface area contributed by atoms with Gasteiger partial charge in [0.2, 0.25) is 5.91 Å². The van der Waals surface area contributed by atoms with E-state index in [0.29, 0.717) is 5.92 Å². The first kappa shape index (κ1) is 14.3. The van der Waals surface area contributed by atoms with E-state index in [1.807, 2.05) is 6.07 Å². The van der Waals surface area contributed by atoms with Crippen LogP contribution in [-0.4, -0.2) is 23.5 Å². The Morgan fingerprint density at radius 1 is 1.43 bits per heavy atom. The molecule has 1 unspecified atom stereocenters. The second kappa shape index (κ2) is 6.02. The predicted molar refractivity (Wildman–Crippen MR) is 84.2 cm³/mol. The van der Waals surface area contributed by atoms with E-state index in [4.69, 9.17) is 5.73 Å². The van der Waals surface area contributed by atoms with Gasteiger partial charge in [-0.25, -0.2) is 4.98 Å². The molecule has 1 aromatic rings. The van der Waals surface area contributed by atoms with Crippen molar-refractivity contribution >= 4 is 17.4 Å². The number of rotatable bonds is 3. The van der Waals surface area contributed by atoms with Crippen LogP contribution in [0.25, 0.3) is 0 Å². The Morgan fingerprint density at radius 3 is 2.90 bits per heavy atom. The second-order valence-electron chi connectivity index (χ2n) is 6.32. The number of hydrogen-bond acceptors (Lipinski definition) is 4. The Labute approximate surface area is 125 Å². The Hall–Kier alpha value is -1.62. The van der Waals surface area contributed by atoms with Gasteiger partial charge in [-0.15, -0.1) is 0 Å². The monoisotopic (exact) mass is 288 g/mol. The number of anilines is 2. The fourth-order valence-electron chi connectivity index (χ4n) is 3.46. The number of hydrogen-bond donors (Lipinski definition) is 3. The molecule has 0 spiro atoms. The van der Waals surface area contributed by atoms with E-state index in [-0.39, 0.29) is 17.9 Å². The molecular formula is C16H24N4O. The molecule has 2 aliphatic rings. The van der Waals surface area contributed by atoms with Crippen LogP contribution >= 0.6 is 0 Å². The van der Waals surface area contributed by atoms with E-state index in [2.05, 4.69) is 22.5 Å². The van der Waals surface area contributed by atoms with Gasteiger partial charge in [0.25, 0.3) is 0 Å². The van der Waals surface area contributed by atoms with Crippen LogP contribution in [0, 0.1) is 11.8 Å².